The lowest BCUT2D eigenvalue weighted by atomic mass is 10.1. The molecule has 2 rings (SSSR count). The van der Waals surface area contributed by atoms with Gasteiger partial charge in [-0.15, -0.1) is 0 Å². The molecule has 1 aromatic heterocycles. The number of aliphatic hydroxyl groups is 1. The monoisotopic (exact) mass is 318 g/mol. The highest BCUT2D eigenvalue weighted by Gasteiger charge is 2.11. The average Bonchev–Trinajstić information content (AvgIpc) is 3.03. The highest BCUT2D eigenvalue weighted by atomic mass is 16.6. The molecule has 122 valence electrons. The zero-order valence-electron chi connectivity index (χ0n) is 12.7. The van der Waals surface area contributed by atoms with Crippen LogP contribution in [-0.2, 0) is 0 Å². The summed E-state index contributed by atoms with van der Waals surface area (Å²) >= 11 is 0. The van der Waals surface area contributed by atoms with Crippen LogP contribution in [0.2, 0.25) is 0 Å². The lowest BCUT2D eigenvalue weighted by Gasteiger charge is -2.10. The van der Waals surface area contributed by atoms with Crippen LogP contribution in [0.15, 0.2) is 36.7 Å². The number of nitro benzene ring substituents is 1. The fourth-order valence-corrected chi connectivity index (χ4v) is 2.00. The minimum absolute atomic E-state index is 0.00302. The van der Waals surface area contributed by atoms with Gasteiger partial charge in [0.25, 0.3) is 11.6 Å². The smallest absolute Gasteiger partial charge is 0.269 e. The van der Waals surface area contributed by atoms with Crippen molar-refractivity contribution >= 4 is 11.6 Å². The van der Waals surface area contributed by atoms with E-state index in [1.807, 2.05) is 6.92 Å². The Kier molecular flexibility index (Phi) is 5.42. The van der Waals surface area contributed by atoms with Crippen LogP contribution in [0, 0.1) is 16.0 Å². The van der Waals surface area contributed by atoms with Gasteiger partial charge in [0.2, 0.25) is 0 Å². The van der Waals surface area contributed by atoms with Crippen LogP contribution in [-0.4, -0.2) is 38.9 Å². The van der Waals surface area contributed by atoms with E-state index >= 15 is 0 Å². The Morgan fingerprint density at radius 1 is 1.43 bits per heavy atom. The predicted octanol–water partition coefficient (Wildman–Crippen LogP) is 1.53. The zero-order chi connectivity index (χ0) is 16.8. The number of carbonyl (C=O) groups is 1. The molecule has 0 spiro atoms. The summed E-state index contributed by atoms with van der Waals surface area (Å²) in [5.74, 6) is -0.0587. The number of non-ortho nitro benzene ring substituents is 1. The van der Waals surface area contributed by atoms with Gasteiger partial charge in [-0.05, 0) is 24.5 Å². The number of aromatic nitrogens is 2. The van der Waals surface area contributed by atoms with Crippen molar-refractivity contribution in [1.29, 1.82) is 0 Å². The van der Waals surface area contributed by atoms with Gasteiger partial charge in [0.1, 0.15) is 0 Å². The van der Waals surface area contributed by atoms with E-state index in [1.165, 1.54) is 23.0 Å². The molecule has 1 atom stereocenters. The summed E-state index contributed by atoms with van der Waals surface area (Å²) in [7, 11) is 0. The van der Waals surface area contributed by atoms with Gasteiger partial charge in [0.15, 0.2) is 0 Å². The number of nitrogens with one attached hydrogen (secondary N) is 1. The van der Waals surface area contributed by atoms with E-state index in [9.17, 15) is 14.9 Å². The molecule has 0 aliphatic rings. The summed E-state index contributed by atoms with van der Waals surface area (Å²) in [5.41, 5.74) is 1.03. The maximum Gasteiger partial charge on any atom is 0.269 e. The van der Waals surface area contributed by atoms with Crippen molar-refractivity contribution in [3.8, 4) is 5.69 Å². The molecule has 1 unspecified atom stereocenters. The van der Waals surface area contributed by atoms with Crippen LogP contribution in [0.3, 0.4) is 0 Å². The summed E-state index contributed by atoms with van der Waals surface area (Å²) in [4.78, 5) is 22.2. The number of amides is 1. The Balaban J connectivity index is 2.02. The summed E-state index contributed by atoms with van der Waals surface area (Å²) < 4.78 is 1.48. The third kappa shape index (κ3) is 4.36. The standard InChI is InChI=1S/C15H18N4O4/c1-11(6-7-20)8-16-15(21)12-9-17-18(10-12)13-2-4-14(5-3-13)19(22)23/h2-5,9-11,20H,6-8H2,1H3,(H,16,21). The average molecular weight is 318 g/mol. The molecule has 1 heterocycles. The predicted molar refractivity (Wildman–Crippen MR) is 83.4 cm³/mol. The first-order chi connectivity index (χ1) is 11.0. The molecule has 8 heteroatoms. The molecule has 0 radical (unpaired) electrons. The summed E-state index contributed by atoms with van der Waals surface area (Å²) in [6.07, 6.45) is 3.63. The molecule has 1 amide bonds. The van der Waals surface area contributed by atoms with Gasteiger partial charge < -0.3 is 10.4 Å². The van der Waals surface area contributed by atoms with Crippen molar-refractivity contribution in [1.82, 2.24) is 15.1 Å². The molecule has 2 N–H and O–H groups in total. The number of hydrogen-bond donors (Lipinski definition) is 2. The number of rotatable bonds is 7. The van der Waals surface area contributed by atoms with Crippen LogP contribution >= 0.6 is 0 Å². The fraction of sp³-hybridized carbons (Fsp3) is 0.333. The zero-order valence-corrected chi connectivity index (χ0v) is 12.7. The molecule has 1 aromatic carbocycles. The maximum atomic E-state index is 12.0. The van der Waals surface area contributed by atoms with Crippen molar-refractivity contribution in [2.24, 2.45) is 5.92 Å². The van der Waals surface area contributed by atoms with Gasteiger partial charge in [-0.2, -0.15) is 5.10 Å². The van der Waals surface area contributed by atoms with Gasteiger partial charge in [0, 0.05) is 31.5 Å². The van der Waals surface area contributed by atoms with E-state index in [1.54, 1.807) is 18.3 Å². The second-order valence-corrected chi connectivity index (χ2v) is 5.27. The van der Waals surface area contributed by atoms with Crippen LogP contribution in [0.5, 0.6) is 0 Å². The van der Waals surface area contributed by atoms with Gasteiger partial charge in [-0.3, -0.25) is 14.9 Å². The lowest BCUT2D eigenvalue weighted by molar-refractivity contribution is -0.384. The van der Waals surface area contributed by atoms with Crippen molar-refractivity contribution in [2.45, 2.75) is 13.3 Å². The molecular weight excluding hydrogens is 300 g/mol. The molecule has 0 saturated carbocycles. The SMILES string of the molecule is CC(CCO)CNC(=O)c1cnn(-c2ccc([N+](=O)[O-])cc2)c1. The Labute approximate surface area is 132 Å². The molecule has 2 aromatic rings. The van der Waals surface area contributed by atoms with E-state index in [0.717, 1.165) is 0 Å². The highest BCUT2D eigenvalue weighted by Crippen LogP contribution is 2.15. The van der Waals surface area contributed by atoms with Crippen LogP contribution < -0.4 is 5.32 Å². The van der Waals surface area contributed by atoms with Crippen LogP contribution in [0.25, 0.3) is 5.69 Å². The first-order valence-corrected chi connectivity index (χ1v) is 7.20. The molecule has 0 saturated heterocycles. The quantitative estimate of drug-likeness (QED) is 0.594. The second kappa shape index (κ2) is 7.50. The Morgan fingerprint density at radius 3 is 2.74 bits per heavy atom. The minimum Gasteiger partial charge on any atom is -0.396 e. The summed E-state index contributed by atoms with van der Waals surface area (Å²) in [6.45, 7) is 2.51. The van der Waals surface area contributed by atoms with Gasteiger partial charge in [-0.25, -0.2) is 4.68 Å². The van der Waals surface area contributed by atoms with Crippen molar-refractivity contribution in [3.05, 3.63) is 52.3 Å². The van der Waals surface area contributed by atoms with Gasteiger partial charge in [-0.1, -0.05) is 6.92 Å². The summed E-state index contributed by atoms with van der Waals surface area (Å²) in [5, 5.41) is 26.3. The third-order valence-corrected chi connectivity index (χ3v) is 3.40. The normalized spacial score (nSPS) is 11.9. The Hall–Kier alpha value is -2.74. The minimum atomic E-state index is -0.473. The van der Waals surface area contributed by atoms with Crippen molar-refractivity contribution in [3.63, 3.8) is 0 Å². The fourth-order valence-electron chi connectivity index (χ4n) is 2.00. The van der Waals surface area contributed by atoms with E-state index in [2.05, 4.69) is 10.4 Å². The maximum absolute atomic E-state index is 12.0. The number of aliphatic hydroxyl groups excluding tert-OH is 1. The molecule has 23 heavy (non-hydrogen) atoms. The lowest BCUT2D eigenvalue weighted by Crippen LogP contribution is -2.28. The molecule has 0 aliphatic carbocycles. The second-order valence-electron chi connectivity index (χ2n) is 5.27. The van der Waals surface area contributed by atoms with Crippen LogP contribution in [0.4, 0.5) is 5.69 Å². The number of hydrogen-bond acceptors (Lipinski definition) is 5. The van der Waals surface area contributed by atoms with Crippen LogP contribution in [0.1, 0.15) is 23.7 Å². The van der Waals surface area contributed by atoms with Crippen molar-refractivity contribution < 1.29 is 14.8 Å². The Morgan fingerprint density at radius 2 is 2.13 bits per heavy atom. The molecular formula is C15H18N4O4. The van der Waals surface area contributed by atoms with Crippen molar-refractivity contribution in [2.75, 3.05) is 13.2 Å². The van der Waals surface area contributed by atoms with E-state index in [-0.39, 0.29) is 24.1 Å². The molecule has 8 nitrogen and oxygen atoms in total. The molecule has 0 aliphatic heterocycles. The van der Waals surface area contributed by atoms with Gasteiger partial charge in [0.05, 0.1) is 22.4 Å². The third-order valence-electron chi connectivity index (χ3n) is 3.40. The van der Waals surface area contributed by atoms with E-state index in [0.29, 0.717) is 24.2 Å². The largest absolute Gasteiger partial charge is 0.396 e. The number of nitro groups is 1. The topological polar surface area (TPSA) is 110 Å². The number of carbonyl (C=O) groups excluding carboxylic acids is 1. The molecule has 0 fully saturated rings. The van der Waals surface area contributed by atoms with E-state index < -0.39 is 4.92 Å². The number of benzene rings is 1. The number of nitrogens with zero attached hydrogens (tertiary/aromatic N) is 3. The molecule has 0 bridgehead atoms. The highest BCUT2D eigenvalue weighted by molar-refractivity contribution is 5.93. The Bertz CT molecular complexity index is 681. The first kappa shape index (κ1) is 16.6. The van der Waals surface area contributed by atoms with Gasteiger partial charge >= 0.3 is 0 Å². The summed E-state index contributed by atoms with van der Waals surface area (Å²) in [6, 6.07) is 5.90. The first-order valence-electron chi connectivity index (χ1n) is 7.20. The van der Waals surface area contributed by atoms with E-state index in [4.69, 9.17) is 5.11 Å².